The van der Waals surface area contributed by atoms with Crippen molar-refractivity contribution < 1.29 is 4.42 Å². The molecule has 0 fully saturated rings. The third-order valence-electron chi connectivity index (χ3n) is 13.5. The van der Waals surface area contributed by atoms with Gasteiger partial charge in [-0.3, -0.25) is 0 Å². The van der Waals surface area contributed by atoms with Crippen molar-refractivity contribution in [2.75, 3.05) is 0 Å². The van der Waals surface area contributed by atoms with E-state index in [1.807, 2.05) is 0 Å². The Morgan fingerprint density at radius 3 is 2.31 bits per heavy atom. The van der Waals surface area contributed by atoms with Crippen molar-refractivity contribution in [1.29, 1.82) is 0 Å². The number of allylic oxidation sites excluding steroid dienone is 4. The molecule has 0 N–H and O–H groups in total. The van der Waals surface area contributed by atoms with Gasteiger partial charge in [0.05, 0.1) is 28.2 Å². The molecule has 260 valence electrons. The molecule has 0 spiro atoms. The third-order valence-corrected chi connectivity index (χ3v) is 13.5. The van der Waals surface area contributed by atoms with Gasteiger partial charge >= 0.3 is 0 Å². The number of rotatable bonds is 1. The van der Waals surface area contributed by atoms with Crippen molar-refractivity contribution in [3.05, 3.63) is 161 Å². The van der Waals surface area contributed by atoms with Gasteiger partial charge < -0.3 is 8.98 Å². The fourth-order valence-corrected chi connectivity index (χ4v) is 10.9. The van der Waals surface area contributed by atoms with Crippen LogP contribution in [-0.4, -0.2) is 14.5 Å². The van der Waals surface area contributed by atoms with Gasteiger partial charge in [-0.05, 0) is 83.0 Å². The minimum atomic E-state index is -0.453. The predicted molar refractivity (Wildman–Crippen MR) is 219 cm³/mol. The molecule has 4 nitrogen and oxygen atoms in total. The predicted octanol–water partition coefficient (Wildman–Crippen LogP) is 12.4. The summed E-state index contributed by atoms with van der Waals surface area (Å²) in [4.78, 5) is 10.8. The summed E-state index contributed by atoms with van der Waals surface area (Å²) in [6.07, 6.45) is 5.75. The Labute approximate surface area is 314 Å². The van der Waals surface area contributed by atoms with E-state index < -0.39 is 5.41 Å². The lowest BCUT2D eigenvalue weighted by Crippen LogP contribution is -2.35. The Bertz CT molecular complexity index is 3040. The maximum absolute atomic E-state index is 7.15. The van der Waals surface area contributed by atoms with Crippen LogP contribution in [0.3, 0.4) is 0 Å². The first kappa shape index (κ1) is 30.5. The molecule has 4 heterocycles. The monoisotopic (exact) mass is 697 g/mol. The maximum atomic E-state index is 7.15. The van der Waals surface area contributed by atoms with Crippen molar-refractivity contribution >= 4 is 32.8 Å². The molecule has 0 radical (unpaired) electrons. The number of aromatic nitrogens is 3. The van der Waals surface area contributed by atoms with E-state index in [4.69, 9.17) is 14.4 Å². The van der Waals surface area contributed by atoms with Crippen LogP contribution in [-0.2, 0) is 17.3 Å². The van der Waals surface area contributed by atoms with Crippen LogP contribution < -0.4 is 0 Å². The van der Waals surface area contributed by atoms with Gasteiger partial charge in [-0.2, -0.15) is 0 Å². The quantitative estimate of drug-likeness (QED) is 0.160. The molecule has 1 aliphatic heterocycles. The Morgan fingerprint density at radius 1 is 0.704 bits per heavy atom. The van der Waals surface area contributed by atoms with Gasteiger partial charge in [-0.1, -0.05) is 124 Å². The highest BCUT2D eigenvalue weighted by Crippen LogP contribution is 2.57. The Hall–Kier alpha value is -6.00. The third kappa shape index (κ3) is 3.68. The minimum absolute atomic E-state index is 0.106. The van der Waals surface area contributed by atoms with Crippen molar-refractivity contribution in [3.8, 4) is 39.5 Å². The molecular weight excluding hydrogens is 659 g/mol. The van der Waals surface area contributed by atoms with E-state index in [1.165, 1.54) is 55.6 Å². The largest absolute Gasteiger partial charge is 0.453 e. The highest BCUT2D eigenvalue weighted by Gasteiger charge is 2.45. The summed E-state index contributed by atoms with van der Waals surface area (Å²) in [6.45, 7) is 12.0. The number of fused-ring (bicyclic) bond motifs is 12. The smallest absolute Gasteiger partial charge is 0.163 e. The summed E-state index contributed by atoms with van der Waals surface area (Å²) >= 11 is 0. The van der Waals surface area contributed by atoms with Crippen LogP contribution in [0.1, 0.15) is 68.6 Å². The van der Waals surface area contributed by atoms with E-state index >= 15 is 0 Å². The molecule has 3 aromatic heterocycles. The van der Waals surface area contributed by atoms with Gasteiger partial charge in [0.25, 0.3) is 0 Å². The molecule has 8 aromatic rings. The maximum Gasteiger partial charge on any atom is 0.163 e. The van der Waals surface area contributed by atoms with Gasteiger partial charge in [0.15, 0.2) is 11.4 Å². The first-order valence-corrected chi connectivity index (χ1v) is 19.4. The molecule has 4 heteroatoms. The average Bonchev–Trinajstić information content (AvgIpc) is 3.81. The van der Waals surface area contributed by atoms with Gasteiger partial charge in [-0.25, -0.2) is 9.97 Å². The topological polar surface area (TPSA) is 43.9 Å². The van der Waals surface area contributed by atoms with E-state index in [0.29, 0.717) is 11.7 Å². The summed E-state index contributed by atoms with van der Waals surface area (Å²) in [5, 5.41) is 3.52. The van der Waals surface area contributed by atoms with Crippen molar-refractivity contribution in [2.24, 2.45) is 5.92 Å². The molecule has 3 aliphatic carbocycles. The molecule has 0 amide bonds. The molecule has 3 unspecified atom stereocenters. The summed E-state index contributed by atoms with van der Waals surface area (Å²) in [6, 6.07) is 39.9. The fourth-order valence-electron chi connectivity index (χ4n) is 10.9. The van der Waals surface area contributed by atoms with Crippen molar-refractivity contribution in [2.45, 2.75) is 57.8 Å². The van der Waals surface area contributed by atoms with E-state index in [0.717, 1.165) is 56.6 Å². The summed E-state index contributed by atoms with van der Waals surface area (Å²) in [5.41, 5.74) is 18.7. The lowest BCUT2D eigenvalue weighted by Gasteiger charge is -2.43. The van der Waals surface area contributed by atoms with Crippen LogP contribution in [0, 0.1) is 5.92 Å². The average molecular weight is 698 g/mol. The zero-order chi connectivity index (χ0) is 36.2. The highest BCUT2D eigenvalue weighted by molar-refractivity contribution is 6.12. The zero-order valence-electron chi connectivity index (χ0n) is 31.2. The number of nitrogens with zero attached hydrogens (tertiary/aromatic N) is 3. The standard InChI is InChI=1S/C50H39N3O/c1-27-21-22-50(5)43-26-40(29-13-7-6-8-14-29)51-48(52-43)33-18-11-16-31-32-17-12-20-41(47(32)54-46(31)33)53-42-25-39-35(30-15-9-10-19-38(30)49(39,3)4)24-36(42)37-23-34(27)44(50)28(2)45(37)53/h6-22,24-28H,23H2,1-5H3. The summed E-state index contributed by atoms with van der Waals surface area (Å²) in [7, 11) is 0. The molecule has 3 atom stereocenters. The van der Waals surface area contributed by atoms with Gasteiger partial charge in [0.1, 0.15) is 5.58 Å². The van der Waals surface area contributed by atoms with Gasteiger partial charge in [-0.15, -0.1) is 0 Å². The van der Waals surface area contributed by atoms with E-state index in [2.05, 4.69) is 161 Å². The molecule has 54 heavy (non-hydrogen) atoms. The van der Waals surface area contributed by atoms with Crippen LogP contribution >= 0.6 is 0 Å². The number of para-hydroxylation sites is 2. The number of benzene rings is 5. The van der Waals surface area contributed by atoms with Crippen LogP contribution in [0.15, 0.2) is 137 Å². The SMILES string of the molecule is CC1C=CC2(C)C3=C1Cc1c(n(c4cc5c(cc14)-c1ccccc1C5(C)C)-c1cccc4c1oc1c(cccc14)-c1nc(-c4ccccc4)cc2n1)C3C. The van der Waals surface area contributed by atoms with Crippen molar-refractivity contribution in [3.63, 3.8) is 0 Å². The first-order valence-electron chi connectivity index (χ1n) is 19.4. The second kappa shape index (κ2) is 10.1. The molecular formula is C50H39N3O. The molecule has 12 rings (SSSR count). The second-order valence-electron chi connectivity index (χ2n) is 16.7. The van der Waals surface area contributed by atoms with Crippen LogP contribution in [0.4, 0.5) is 0 Å². The molecule has 4 aliphatic rings. The summed E-state index contributed by atoms with van der Waals surface area (Å²) < 4.78 is 9.74. The van der Waals surface area contributed by atoms with Crippen molar-refractivity contribution in [1.82, 2.24) is 14.5 Å². The minimum Gasteiger partial charge on any atom is -0.453 e. The van der Waals surface area contributed by atoms with Crippen LogP contribution in [0.25, 0.3) is 72.3 Å². The van der Waals surface area contributed by atoms with E-state index in [9.17, 15) is 0 Å². The lowest BCUT2D eigenvalue weighted by molar-refractivity contribution is 0.543. The zero-order valence-corrected chi connectivity index (χ0v) is 31.2. The lowest BCUT2D eigenvalue weighted by atomic mass is 9.62. The molecule has 0 saturated heterocycles. The second-order valence-corrected chi connectivity index (χ2v) is 16.7. The van der Waals surface area contributed by atoms with Gasteiger partial charge in [0, 0.05) is 44.2 Å². The normalized spacial score (nSPS) is 21.4. The Kier molecular flexibility index (Phi) is 5.72. The Balaban J connectivity index is 1.26. The first-order chi connectivity index (χ1) is 26.2. The summed E-state index contributed by atoms with van der Waals surface area (Å²) in [5.74, 6) is 1.11. The van der Waals surface area contributed by atoms with Crippen LogP contribution in [0.2, 0.25) is 0 Å². The number of hydrogen-bond donors (Lipinski definition) is 0. The molecule has 0 saturated carbocycles. The van der Waals surface area contributed by atoms with Gasteiger partial charge in [0.2, 0.25) is 0 Å². The van der Waals surface area contributed by atoms with E-state index in [-0.39, 0.29) is 11.3 Å². The number of hydrogen-bond acceptors (Lipinski definition) is 3. The molecule has 6 bridgehead atoms. The number of furan rings is 1. The fraction of sp³-hybridized carbons (Fsp3) is 0.200. The highest BCUT2D eigenvalue weighted by atomic mass is 16.3. The molecule has 5 aromatic carbocycles. The Morgan fingerprint density at radius 2 is 1.46 bits per heavy atom. The van der Waals surface area contributed by atoms with E-state index in [1.54, 1.807) is 0 Å². The van der Waals surface area contributed by atoms with Crippen LogP contribution in [0.5, 0.6) is 0 Å².